The van der Waals surface area contributed by atoms with Crippen molar-refractivity contribution in [2.24, 2.45) is 0 Å². The third-order valence-electron chi connectivity index (χ3n) is 5.25. The number of hydrogen-bond donors (Lipinski definition) is 1. The van der Waals surface area contributed by atoms with Gasteiger partial charge >= 0.3 is 6.18 Å². The van der Waals surface area contributed by atoms with E-state index in [4.69, 9.17) is 16.3 Å². The summed E-state index contributed by atoms with van der Waals surface area (Å²) in [6, 6.07) is 8.28. The molecule has 0 amide bonds. The number of ether oxygens (including phenoxy) is 1. The summed E-state index contributed by atoms with van der Waals surface area (Å²) in [6.45, 7) is 3.88. The lowest BCUT2D eigenvalue weighted by atomic mass is 10.1. The normalized spacial score (nSPS) is 16.0. The molecular weight excluding hydrogens is 417 g/mol. The Balaban J connectivity index is 1.89. The summed E-state index contributed by atoms with van der Waals surface area (Å²) in [5, 5.41) is 3.31. The molecule has 2 aromatic heterocycles. The van der Waals surface area contributed by atoms with E-state index >= 15 is 0 Å². The molecule has 1 saturated heterocycles. The second-order valence-corrected chi connectivity index (χ2v) is 7.69. The summed E-state index contributed by atoms with van der Waals surface area (Å²) in [7, 11) is 1.57. The van der Waals surface area contributed by atoms with E-state index < -0.39 is 11.7 Å². The highest BCUT2D eigenvalue weighted by molar-refractivity contribution is 6.33. The number of methoxy groups -OCH3 is 1. The number of imidazole rings is 1. The smallest absolute Gasteiger partial charge is 0.417 e. The Hall–Kier alpha value is -2.29. The molecule has 0 radical (unpaired) electrons. The fraction of sp³-hybridized carbons (Fsp3) is 0.381. The Labute approximate surface area is 177 Å². The molecule has 1 N–H and O–H groups in total. The van der Waals surface area contributed by atoms with Crippen molar-refractivity contribution in [2.75, 3.05) is 33.3 Å². The zero-order valence-corrected chi connectivity index (χ0v) is 17.2. The molecule has 0 spiro atoms. The van der Waals surface area contributed by atoms with Crippen molar-refractivity contribution in [1.29, 1.82) is 0 Å². The maximum absolute atomic E-state index is 13.4. The highest BCUT2D eigenvalue weighted by Crippen LogP contribution is 2.35. The van der Waals surface area contributed by atoms with E-state index in [1.807, 2.05) is 24.3 Å². The second-order valence-electron chi connectivity index (χ2n) is 7.29. The minimum absolute atomic E-state index is 0.0299. The molecule has 5 nitrogen and oxygen atoms in total. The lowest BCUT2D eigenvalue weighted by Crippen LogP contribution is -2.28. The highest BCUT2D eigenvalue weighted by atomic mass is 35.5. The van der Waals surface area contributed by atoms with Crippen molar-refractivity contribution in [2.45, 2.75) is 19.1 Å². The van der Waals surface area contributed by atoms with Gasteiger partial charge in [-0.15, -0.1) is 0 Å². The lowest BCUT2D eigenvalue weighted by molar-refractivity contribution is -0.137. The monoisotopic (exact) mass is 438 g/mol. The van der Waals surface area contributed by atoms with Crippen molar-refractivity contribution in [3.05, 3.63) is 52.8 Å². The van der Waals surface area contributed by atoms with Crippen LogP contribution in [0.25, 0.3) is 16.9 Å². The zero-order chi connectivity index (χ0) is 21.3. The van der Waals surface area contributed by atoms with Crippen LogP contribution in [0.2, 0.25) is 5.02 Å². The van der Waals surface area contributed by atoms with Gasteiger partial charge in [0.15, 0.2) is 5.65 Å². The van der Waals surface area contributed by atoms with Crippen LogP contribution in [0.15, 0.2) is 36.5 Å². The minimum atomic E-state index is -4.50. The molecule has 0 saturated carbocycles. The topological polar surface area (TPSA) is 41.8 Å². The SMILES string of the molecule is COc1cccc(-c2nc3c(Cl)cc(C(F)(F)F)cn3c2CN2CCCNCC2)c1. The Morgan fingerprint density at radius 2 is 2.03 bits per heavy atom. The number of nitrogens with one attached hydrogen (secondary N) is 1. The van der Waals surface area contributed by atoms with E-state index in [2.05, 4.69) is 15.2 Å². The number of nitrogens with zero attached hydrogens (tertiary/aromatic N) is 3. The van der Waals surface area contributed by atoms with Crippen LogP contribution in [-0.2, 0) is 12.7 Å². The standard InChI is InChI=1S/C21H22ClF3N4O/c1-30-16-5-2-4-14(10-16)19-18(13-28-8-3-6-26-7-9-28)29-12-15(21(23,24)25)11-17(22)20(29)27-19/h2,4-5,10-12,26H,3,6-9,13H2,1H3. The molecule has 9 heteroatoms. The van der Waals surface area contributed by atoms with Crippen LogP contribution in [-0.4, -0.2) is 47.6 Å². The van der Waals surface area contributed by atoms with Crippen molar-refractivity contribution >= 4 is 17.2 Å². The number of alkyl halides is 3. The summed E-state index contributed by atoms with van der Waals surface area (Å²) < 4.78 is 47.1. The number of hydrogen-bond acceptors (Lipinski definition) is 4. The van der Waals surface area contributed by atoms with Crippen LogP contribution in [0.3, 0.4) is 0 Å². The second kappa shape index (κ2) is 8.45. The van der Waals surface area contributed by atoms with Gasteiger partial charge in [-0.25, -0.2) is 4.98 Å². The minimum Gasteiger partial charge on any atom is -0.497 e. The molecule has 4 rings (SSSR count). The molecule has 1 aliphatic rings. The molecule has 3 aromatic rings. The van der Waals surface area contributed by atoms with Crippen LogP contribution in [0, 0.1) is 0 Å². The maximum Gasteiger partial charge on any atom is 0.417 e. The number of rotatable bonds is 4. The molecule has 0 atom stereocenters. The van der Waals surface area contributed by atoms with Crippen LogP contribution >= 0.6 is 11.6 Å². The summed E-state index contributed by atoms with van der Waals surface area (Å²) >= 11 is 6.24. The van der Waals surface area contributed by atoms with Crippen LogP contribution in [0.5, 0.6) is 5.75 Å². The molecular formula is C21H22ClF3N4O. The average molecular weight is 439 g/mol. The number of fused-ring (bicyclic) bond motifs is 1. The van der Waals surface area contributed by atoms with E-state index in [1.54, 1.807) is 7.11 Å². The van der Waals surface area contributed by atoms with Gasteiger partial charge in [0, 0.05) is 31.4 Å². The summed E-state index contributed by atoms with van der Waals surface area (Å²) in [5.74, 6) is 0.650. The van der Waals surface area contributed by atoms with E-state index in [9.17, 15) is 13.2 Å². The molecule has 0 unspecified atom stereocenters. The van der Waals surface area contributed by atoms with Gasteiger partial charge in [0.1, 0.15) is 5.75 Å². The Morgan fingerprint density at radius 1 is 1.20 bits per heavy atom. The number of pyridine rings is 1. The first-order valence-corrected chi connectivity index (χ1v) is 10.1. The summed E-state index contributed by atoms with van der Waals surface area (Å²) in [6.07, 6.45) is -2.44. The van der Waals surface area contributed by atoms with Crippen molar-refractivity contribution in [3.63, 3.8) is 0 Å². The van der Waals surface area contributed by atoms with E-state index in [0.717, 1.165) is 50.4 Å². The molecule has 1 aromatic carbocycles. The van der Waals surface area contributed by atoms with Gasteiger partial charge in [0.2, 0.25) is 0 Å². The maximum atomic E-state index is 13.4. The van der Waals surface area contributed by atoms with E-state index in [-0.39, 0.29) is 5.02 Å². The first-order chi connectivity index (χ1) is 14.4. The third-order valence-corrected chi connectivity index (χ3v) is 5.53. The number of halogens is 4. The van der Waals surface area contributed by atoms with E-state index in [1.165, 1.54) is 4.40 Å². The fourth-order valence-electron chi connectivity index (χ4n) is 3.73. The average Bonchev–Trinajstić information content (AvgIpc) is 2.89. The predicted molar refractivity (Wildman–Crippen MR) is 110 cm³/mol. The molecule has 0 aliphatic carbocycles. The quantitative estimate of drug-likeness (QED) is 0.652. The third kappa shape index (κ3) is 4.26. The first kappa shape index (κ1) is 21.0. The summed E-state index contributed by atoms with van der Waals surface area (Å²) in [4.78, 5) is 6.86. The first-order valence-electron chi connectivity index (χ1n) is 9.72. The van der Waals surface area contributed by atoms with Crippen LogP contribution in [0.4, 0.5) is 13.2 Å². The van der Waals surface area contributed by atoms with Gasteiger partial charge in [-0.1, -0.05) is 23.7 Å². The van der Waals surface area contributed by atoms with Crippen molar-refractivity contribution in [1.82, 2.24) is 19.6 Å². The molecule has 1 fully saturated rings. The lowest BCUT2D eigenvalue weighted by Gasteiger charge is -2.20. The van der Waals surface area contributed by atoms with Gasteiger partial charge in [-0.2, -0.15) is 13.2 Å². The Bertz CT molecular complexity index is 1040. The molecule has 30 heavy (non-hydrogen) atoms. The predicted octanol–water partition coefficient (Wildman–Crippen LogP) is 4.48. The van der Waals surface area contributed by atoms with Gasteiger partial charge in [0.05, 0.1) is 29.1 Å². The number of benzene rings is 1. The van der Waals surface area contributed by atoms with Crippen molar-refractivity contribution < 1.29 is 17.9 Å². The van der Waals surface area contributed by atoms with Crippen LogP contribution in [0.1, 0.15) is 17.7 Å². The summed E-state index contributed by atoms with van der Waals surface area (Å²) in [5.41, 5.74) is 1.56. The van der Waals surface area contributed by atoms with Gasteiger partial charge in [-0.3, -0.25) is 4.90 Å². The molecule has 160 valence electrons. The zero-order valence-electron chi connectivity index (χ0n) is 16.5. The van der Waals surface area contributed by atoms with Crippen molar-refractivity contribution in [3.8, 4) is 17.0 Å². The highest BCUT2D eigenvalue weighted by Gasteiger charge is 2.33. The Morgan fingerprint density at radius 3 is 2.80 bits per heavy atom. The molecule has 3 heterocycles. The largest absolute Gasteiger partial charge is 0.497 e. The molecule has 0 bridgehead atoms. The van der Waals surface area contributed by atoms with Crippen LogP contribution < -0.4 is 10.1 Å². The fourth-order valence-corrected chi connectivity index (χ4v) is 3.98. The van der Waals surface area contributed by atoms with Gasteiger partial charge in [-0.05, 0) is 37.7 Å². The van der Waals surface area contributed by atoms with Gasteiger partial charge < -0.3 is 14.5 Å². The Kier molecular flexibility index (Phi) is 5.90. The molecule has 1 aliphatic heterocycles. The van der Waals surface area contributed by atoms with Gasteiger partial charge in [0.25, 0.3) is 0 Å². The number of aromatic nitrogens is 2. The van der Waals surface area contributed by atoms with E-state index in [0.29, 0.717) is 29.3 Å².